The predicted octanol–water partition coefficient (Wildman–Crippen LogP) is 5.75. The Labute approximate surface area is 253 Å². The van der Waals surface area contributed by atoms with Crippen molar-refractivity contribution in [3.8, 4) is 5.75 Å². The molecule has 2 N–H and O–H groups in total. The highest BCUT2D eigenvalue weighted by Gasteiger charge is 2.51. The van der Waals surface area contributed by atoms with E-state index in [-0.39, 0.29) is 23.4 Å². The Balaban J connectivity index is 1.81. The highest BCUT2D eigenvalue weighted by Crippen LogP contribution is 2.51. The first-order valence-corrected chi connectivity index (χ1v) is 13.8. The zero-order valence-electron chi connectivity index (χ0n) is 23.1. The van der Waals surface area contributed by atoms with E-state index in [0.717, 1.165) is 5.56 Å². The van der Waals surface area contributed by atoms with Crippen LogP contribution in [0.15, 0.2) is 95.5 Å². The van der Waals surface area contributed by atoms with Gasteiger partial charge in [-0.3, -0.25) is 14.5 Å². The first kappa shape index (κ1) is 29.2. The number of anilines is 1. The van der Waals surface area contributed by atoms with Crippen molar-refractivity contribution in [2.75, 3.05) is 26.2 Å². The average Bonchev–Trinajstić information content (AvgIpc) is 3.00. The molecule has 216 valence electrons. The zero-order chi connectivity index (χ0) is 30.1. The lowest BCUT2D eigenvalue weighted by Crippen LogP contribution is -2.46. The van der Waals surface area contributed by atoms with Crippen LogP contribution in [0.25, 0.3) is 0 Å². The highest BCUT2D eigenvalue weighted by molar-refractivity contribution is 6.31. The van der Waals surface area contributed by atoms with Gasteiger partial charge < -0.3 is 19.9 Å². The number of carbonyl (C=O) groups is 3. The Morgan fingerprint density at radius 2 is 1.55 bits per heavy atom. The van der Waals surface area contributed by atoms with Crippen LogP contribution in [0.3, 0.4) is 0 Å². The molecule has 0 radical (unpaired) electrons. The molecule has 10 heteroatoms. The van der Waals surface area contributed by atoms with E-state index in [1.807, 2.05) is 12.1 Å². The van der Waals surface area contributed by atoms with Gasteiger partial charge in [0.05, 0.1) is 32.8 Å². The summed E-state index contributed by atoms with van der Waals surface area (Å²) in [5, 5.41) is 0.908. The van der Waals surface area contributed by atoms with Crippen LogP contribution in [0.4, 0.5) is 5.69 Å². The molecule has 0 bridgehead atoms. The maximum Gasteiger partial charge on any atom is 0.338 e. The SMILES string of the molecule is COC(=O)C1=C(N)N(c2cccc(Cl)c2)C2=C(C(=O)[C@H](C(=O)OC)[C@H](c3ccc(OC)cc3)C2)[C@H]1c1ccc(Cl)cc1. The summed E-state index contributed by atoms with van der Waals surface area (Å²) >= 11 is 12.6. The maximum atomic E-state index is 14.6. The minimum absolute atomic E-state index is 0.0541. The number of ether oxygens (including phenoxy) is 3. The van der Waals surface area contributed by atoms with Gasteiger partial charge in [-0.05, 0) is 60.0 Å². The quantitative estimate of drug-likeness (QED) is 0.279. The first-order valence-electron chi connectivity index (χ1n) is 13.1. The number of allylic oxidation sites excluding steroid dienone is 2. The van der Waals surface area contributed by atoms with Gasteiger partial charge in [0.25, 0.3) is 0 Å². The predicted molar refractivity (Wildman–Crippen MR) is 159 cm³/mol. The summed E-state index contributed by atoms with van der Waals surface area (Å²) < 4.78 is 15.6. The van der Waals surface area contributed by atoms with Gasteiger partial charge in [0.1, 0.15) is 17.5 Å². The molecule has 0 spiro atoms. The molecule has 3 atom stereocenters. The molecule has 0 amide bonds. The fourth-order valence-electron chi connectivity index (χ4n) is 5.80. The minimum atomic E-state index is -1.18. The smallest absolute Gasteiger partial charge is 0.338 e. The van der Waals surface area contributed by atoms with E-state index in [0.29, 0.717) is 32.7 Å². The first-order chi connectivity index (χ1) is 20.2. The molecule has 0 saturated carbocycles. The van der Waals surface area contributed by atoms with Crippen LogP contribution < -0.4 is 15.4 Å². The van der Waals surface area contributed by atoms with Gasteiger partial charge in [-0.25, -0.2) is 4.79 Å². The van der Waals surface area contributed by atoms with Gasteiger partial charge in [0, 0.05) is 32.9 Å². The van der Waals surface area contributed by atoms with Crippen molar-refractivity contribution in [3.63, 3.8) is 0 Å². The number of nitrogens with zero attached hydrogens (tertiary/aromatic N) is 1. The fraction of sp³-hybridized carbons (Fsp3) is 0.219. The summed E-state index contributed by atoms with van der Waals surface area (Å²) in [5.74, 6) is -3.89. The standard InChI is InChI=1S/C32H28Cl2N2O6/c1-40-22-13-9-17(10-14-22)23-16-24-27(29(37)26(23)31(38)41-2)25(18-7-11-19(33)12-8-18)28(32(39)42-3)30(35)36(24)21-6-4-5-20(34)15-21/h4-15,23,25-26H,16,35H2,1-3H3/t23-,25+,26+/m0/s1. The molecule has 1 aliphatic carbocycles. The van der Waals surface area contributed by atoms with Crippen molar-refractivity contribution in [1.29, 1.82) is 0 Å². The lowest BCUT2D eigenvalue weighted by Gasteiger charge is -2.44. The molecular weight excluding hydrogens is 579 g/mol. The van der Waals surface area contributed by atoms with Crippen molar-refractivity contribution in [3.05, 3.63) is 117 Å². The summed E-state index contributed by atoms with van der Waals surface area (Å²) in [7, 11) is 4.05. The second kappa shape index (κ2) is 11.9. The van der Waals surface area contributed by atoms with E-state index in [2.05, 4.69) is 0 Å². The Bertz CT molecular complexity index is 1610. The maximum absolute atomic E-state index is 14.6. The summed E-state index contributed by atoms with van der Waals surface area (Å²) in [5.41, 5.74) is 9.51. The molecule has 8 nitrogen and oxygen atoms in total. The van der Waals surface area contributed by atoms with Crippen LogP contribution >= 0.6 is 23.2 Å². The molecule has 5 rings (SSSR count). The largest absolute Gasteiger partial charge is 0.497 e. The third-order valence-corrected chi connectivity index (χ3v) is 8.20. The Morgan fingerprint density at radius 1 is 0.881 bits per heavy atom. The lowest BCUT2D eigenvalue weighted by atomic mass is 9.67. The Kier molecular flexibility index (Phi) is 8.29. The van der Waals surface area contributed by atoms with Crippen LogP contribution in [0, 0.1) is 5.92 Å². The molecular formula is C32H28Cl2N2O6. The molecule has 0 unspecified atom stereocenters. The number of hydrogen-bond donors (Lipinski definition) is 1. The number of methoxy groups -OCH3 is 3. The minimum Gasteiger partial charge on any atom is -0.497 e. The van der Waals surface area contributed by atoms with Gasteiger partial charge in [0.15, 0.2) is 5.78 Å². The molecule has 3 aromatic rings. The molecule has 0 aromatic heterocycles. The third-order valence-electron chi connectivity index (χ3n) is 7.71. The monoisotopic (exact) mass is 606 g/mol. The molecule has 0 saturated heterocycles. The summed E-state index contributed by atoms with van der Waals surface area (Å²) in [6, 6.07) is 20.9. The Morgan fingerprint density at radius 3 is 2.14 bits per heavy atom. The van der Waals surface area contributed by atoms with E-state index in [9.17, 15) is 14.4 Å². The van der Waals surface area contributed by atoms with Crippen molar-refractivity contribution in [2.24, 2.45) is 11.7 Å². The van der Waals surface area contributed by atoms with Crippen molar-refractivity contribution < 1.29 is 28.6 Å². The summed E-state index contributed by atoms with van der Waals surface area (Å²) in [6.07, 6.45) is 0.221. The van der Waals surface area contributed by atoms with E-state index < -0.39 is 35.5 Å². The van der Waals surface area contributed by atoms with Crippen LogP contribution in [0.5, 0.6) is 5.75 Å². The Hall–Kier alpha value is -4.27. The average molecular weight is 607 g/mol. The number of hydrogen-bond acceptors (Lipinski definition) is 8. The van der Waals surface area contributed by atoms with Crippen LogP contribution in [0.1, 0.15) is 29.4 Å². The molecule has 1 aliphatic heterocycles. The summed E-state index contributed by atoms with van der Waals surface area (Å²) in [4.78, 5) is 43.0. The van der Waals surface area contributed by atoms with Crippen LogP contribution in [-0.2, 0) is 23.9 Å². The van der Waals surface area contributed by atoms with Crippen LogP contribution in [-0.4, -0.2) is 39.1 Å². The van der Waals surface area contributed by atoms with Gasteiger partial charge in [-0.1, -0.05) is 53.5 Å². The van der Waals surface area contributed by atoms with Gasteiger partial charge in [0.2, 0.25) is 0 Å². The molecule has 0 fully saturated rings. The van der Waals surface area contributed by atoms with Crippen molar-refractivity contribution in [1.82, 2.24) is 0 Å². The second-order valence-electron chi connectivity index (χ2n) is 9.90. The zero-order valence-corrected chi connectivity index (χ0v) is 24.6. The third kappa shape index (κ3) is 5.12. The molecule has 1 heterocycles. The molecule has 42 heavy (non-hydrogen) atoms. The van der Waals surface area contributed by atoms with Crippen molar-refractivity contribution in [2.45, 2.75) is 18.3 Å². The van der Waals surface area contributed by atoms with E-state index >= 15 is 0 Å². The number of ketones is 1. The van der Waals surface area contributed by atoms with Gasteiger partial charge >= 0.3 is 11.9 Å². The van der Waals surface area contributed by atoms with Crippen molar-refractivity contribution >= 4 is 46.6 Å². The van der Waals surface area contributed by atoms with Crippen LogP contribution in [0.2, 0.25) is 10.0 Å². The second-order valence-corrected chi connectivity index (χ2v) is 10.8. The van der Waals surface area contributed by atoms with E-state index in [4.69, 9.17) is 43.1 Å². The molecule has 2 aliphatic rings. The number of Topliss-reactive ketones (excluding diaryl/α,β-unsaturated/α-hetero) is 1. The fourth-order valence-corrected chi connectivity index (χ4v) is 6.11. The number of nitrogens with two attached hydrogens (primary N) is 1. The highest BCUT2D eigenvalue weighted by atomic mass is 35.5. The number of esters is 2. The number of benzene rings is 3. The van der Waals surface area contributed by atoms with E-state index in [1.165, 1.54) is 14.2 Å². The van der Waals surface area contributed by atoms with E-state index in [1.54, 1.807) is 72.7 Å². The molecule has 3 aromatic carbocycles. The number of carbonyl (C=O) groups excluding carboxylic acids is 3. The number of halogens is 2. The lowest BCUT2D eigenvalue weighted by molar-refractivity contribution is -0.150. The normalized spacial score (nSPS) is 20.3. The number of rotatable bonds is 6. The van der Waals surface area contributed by atoms with Gasteiger partial charge in [-0.2, -0.15) is 0 Å². The van der Waals surface area contributed by atoms with Gasteiger partial charge in [-0.15, -0.1) is 0 Å². The topological polar surface area (TPSA) is 108 Å². The summed E-state index contributed by atoms with van der Waals surface area (Å²) in [6.45, 7) is 0.